The van der Waals surface area contributed by atoms with Crippen molar-refractivity contribution in [2.45, 2.75) is 44.2 Å². The number of urea groups is 1. The van der Waals surface area contributed by atoms with E-state index in [1.165, 1.54) is 0 Å². The van der Waals surface area contributed by atoms with Crippen molar-refractivity contribution in [2.75, 3.05) is 6.54 Å². The van der Waals surface area contributed by atoms with Gasteiger partial charge in [0.25, 0.3) is 0 Å². The zero-order valence-corrected chi connectivity index (χ0v) is 12.2. The van der Waals surface area contributed by atoms with Crippen LogP contribution in [0.5, 0.6) is 0 Å². The SMILES string of the molecule is O=C(NCCc1cccc(Cl)c1)NC1CCC(O)CC1. The molecule has 2 rings (SSSR count). The summed E-state index contributed by atoms with van der Waals surface area (Å²) in [7, 11) is 0. The van der Waals surface area contributed by atoms with Gasteiger partial charge < -0.3 is 15.7 Å². The van der Waals surface area contributed by atoms with Gasteiger partial charge in [0.1, 0.15) is 0 Å². The molecule has 0 bridgehead atoms. The minimum absolute atomic E-state index is 0.131. The molecule has 4 nitrogen and oxygen atoms in total. The zero-order valence-electron chi connectivity index (χ0n) is 11.4. The number of benzene rings is 1. The molecule has 1 aromatic rings. The maximum atomic E-state index is 11.7. The lowest BCUT2D eigenvalue weighted by Gasteiger charge is -2.26. The van der Waals surface area contributed by atoms with Crippen LogP contribution in [-0.4, -0.2) is 29.8 Å². The number of hydrogen-bond acceptors (Lipinski definition) is 2. The molecule has 2 amide bonds. The lowest BCUT2D eigenvalue weighted by Crippen LogP contribution is -2.44. The summed E-state index contributed by atoms with van der Waals surface area (Å²) in [5, 5.41) is 15.9. The topological polar surface area (TPSA) is 61.4 Å². The van der Waals surface area contributed by atoms with Gasteiger partial charge in [-0.15, -0.1) is 0 Å². The van der Waals surface area contributed by atoms with Gasteiger partial charge in [0.15, 0.2) is 0 Å². The van der Waals surface area contributed by atoms with Crippen LogP contribution in [-0.2, 0) is 6.42 Å². The zero-order chi connectivity index (χ0) is 14.4. The number of nitrogens with one attached hydrogen (secondary N) is 2. The molecule has 1 fully saturated rings. The first-order valence-corrected chi connectivity index (χ1v) is 7.48. The number of aliphatic hydroxyl groups is 1. The standard InChI is InChI=1S/C15H21ClN2O2/c16-12-3-1-2-11(10-12)8-9-17-15(20)18-13-4-6-14(19)7-5-13/h1-3,10,13-14,19H,4-9H2,(H2,17,18,20). The Hall–Kier alpha value is -1.26. The quantitative estimate of drug-likeness (QED) is 0.799. The molecule has 20 heavy (non-hydrogen) atoms. The first-order chi connectivity index (χ1) is 9.63. The molecule has 3 N–H and O–H groups in total. The minimum atomic E-state index is -0.195. The number of rotatable bonds is 4. The molecule has 1 aliphatic carbocycles. The predicted molar refractivity (Wildman–Crippen MR) is 80.0 cm³/mol. The number of carbonyl (C=O) groups is 1. The third kappa shape index (κ3) is 5.02. The van der Waals surface area contributed by atoms with Gasteiger partial charge in [-0.2, -0.15) is 0 Å². The lowest BCUT2D eigenvalue weighted by molar-refractivity contribution is 0.117. The second-order valence-corrected chi connectivity index (χ2v) is 5.72. The maximum Gasteiger partial charge on any atom is 0.315 e. The van der Waals surface area contributed by atoms with E-state index in [0.29, 0.717) is 11.6 Å². The van der Waals surface area contributed by atoms with Gasteiger partial charge in [0.2, 0.25) is 0 Å². The number of carbonyl (C=O) groups excluding carboxylic acids is 1. The highest BCUT2D eigenvalue weighted by atomic mass is 35.5. The van der Waals surface area contributed by atoms with E-state index in [2.05, 4.69) is 10.6 Å². The van der Waals surface area contributed by atoms with Crippen molar-refractivity contribution in [3.63, 3.8) is 0 Å². The van der Waals surface area contributed by atoms with Crippen LogP contribution in [0.25, 0.3) is 0 Å². The van der Waals surface area contributed by atoms with Gasteiger partial charge in [0.05, 0.1) is 6.10 Å². The predicted octanol–water partition coefficient (Wildman–Crippen LogP) is 2.49. The van der Waals surface area contributed by atoms with Gasteiger partial charge >= 0.3 is 6.03 Å². The highest BCUT2D eigenvalue weighted by Gasteiger charge is 2.20. The smallest absolute Gasteiger partial charge is 0.315 e. The molecule has 5 heteroatoms. The molecule has 0 aromatic heterocycles. The lowest BCUT2D eigenvalue weighted by atomic mass is 9.93. The summed E-state index contributed by atoms with van der Waals surface area (Å²) in [4.78, 5) is 11.7. The van der Waals surface area contributed by atoms with Crippen molar-refractivity contribution in [1.82, 2.24) is 10.6 Å². The van der Waals surface area contributed by atoms with Gasteiger partial charge in [-0.1, -0.05) is 23.7 Å². The molecule has 0 spiro atoms. The van der Waals surface area contributed by atoms with Crippen molar-refractivity contribution in [3.8, 4) is 0 Å². The molecule has 1 aliphatic rings. The Balaban J connectivity index is 1.65. The number of hydrogen-bond donors (Lipinski definition) is 3. The monoisotopic (exact) mass is 296 g/mol. The fraction of sp³-hybridized carbons (Fsp3) is 0.533. The van der Waals surface area contributed by atoms with E-state index in [-0.39, 0.29) is 18.2 Å². The molecule has 0 aliphatic heterocycles. The van der Waals surface area contributed by atoms with Crippen molar-refractivity contribution in [1.29, 1.82) is 0 Å². The first-order valence-electron chi connectivity index (χ1n) is 7.10. The van der Waals surface area contributed by atoms with Gasteiger partial charge in [-0.05, 0) is 49.8 Å². The summed E-state index contributed by atoms with van der Waals surface area (Å²) >= 11 is 5.91. The molecule has 0 heterocycles. The van der Waals surface area contributed by atoms with E-state index >= 15 is 0 Å². The normalized spacial score (nSPS) is 22.3. The molecular weight excluding hydrogens is 276 g/mol. The molecule has 1 aromatic carbocycles. The highest BCUT2D eigenvalue weighted by Crippen LogP contribution is 2.18. The Labute approximate surface area is 124 Å². The Kier molecular flexibility index (Phi) is 5.68. The Morgan fingerprint density at radius 3 is 2.75 bits per heavy atom. The highest BCUT2D eigenvalue weighted by molar-refractivity contribution is 6.30. The number of halogens is 1. The second-order valence-electron chi connectivity index (χ2n) is 5.29. The summed E-state index contributed by atoms with van der Waals surface area (Å²) in [5.74, 6) is 0. The van der Waals surface area contributed by atoms with Crippen LogP contribution >= 0.6 is 11.6 Å². The van der Waals surface area contributed by atoms with Crippen molar-refractivity contribution < 1.29 is 9.90 Å². The van der Waals surface area contributed by atoms with Crippen molar-refractivity contribution in [3.05, 3.63) is 34.9 Å². The molecule has 0 saturated heterocycles. The maximum absolute atomic E-state index is 11.7. The molecule has 0 atom stereocenters. The largest absolute Gasteiger partial charge is 0.393 e. The van der Waals surface area contributed by atoms with Crippen molar-refractivity contribution in [2.24, 2.45) is 0 Å². The van der Waals surface area contributed by atoms with E-state index in [0.717, 1.165) is 37.7 Å². The average Bonchev–Trinajstić information content (AvgIpc) is 2.41. The number of aliphatic hydroxyl groups excluding tert-OH is 1. The molecule has 1 saturated carbocycles. The van der Waals surface area contributed by atoms with Crippen LogP contribution in [0.3, 0.4) is 0 Å². The molecule has 0 unspecified atom stereocenters. The number of amides is 2. The fourth-order valence-electron chi connectivity index (χ4n) is 2.47. The van der Waals surface area contributed by atoms with E-state index < -0.39 is 0 Å². The van der Waals surface area contributed by atoms with E-state index in [1.807, 2.05) is 24.3 Å². The molecular formula is C15H21ClN2O2. The van der Waals surface area contributed by atoms with Crippen molar-refractivity contribution >= 4 is 17.6 Å². The van der Waals surface area contributed by atoms with Crippen LogP contribution in [0.4, 0.5) is 4.79 Å². The second kappa shape index (κ2) is 7.50. The summed E-state index contributed by atoms with van der Waals surface area (Å²) < 4.78 is 0. The van der Waals surface area contributed by atoms with Crippen LogP contribution in [0.2, 0.25) is 5.02 Å². The summed E-state index contributed by atoms with van der Waals surface area (Å²) in [6, 6.07) is 7.70. The van der Waals surface area contributed by atoms with Crippen LogP contribution in [0.15, 0.2) is 24.3 Å². The molecule has 0 radical (unpaired) electrons. The Morgan fingerprint density at radius 1 is 1.30 bits per heavy atom. The van der Waals surface area contributed by atoms with Gasteiger partial charge in [0, 0.05) is 17.6 Å². The fourth-order valence-corrected chi connectivity index (χ4v) is 2.68. The van der Waals surface area contributed by atoms with Crippen LogP contribution in [0, 0.1) is 0 Å². The summed E-state index contributed by atoms with van der Waals surface area (Å²) in [6.45, 7) is 0.585. The summed E-state index contributed by atoms with van der Waals surface area (Å²) in [5.41, 5.74) is 1.11. The van der Waals surface area contributed by atoms with E-state index in [9.17, 15) is 9.90 Å². The molecule has 110 valence electrons. The third-order valence-electron chi connectivity index (χ3n) is 3.62. The summed E-state index contributed by atoms with van der Waals surface area (Å²) in [6.07, 6.45) is 3.81. The minimum Gasteiger partial charge on any atom is -0.393 e. The first kappa shape index (κ1) is 15.1. The average molecular weight is 297 g/mol. The van der Waals surface area contributed by atoms with Crippen LogP contribution in [0.1, 0.15) is 31.2 Å². The van der Waals surface area contributed by atoms with E-state index in [4.69, 9.17) is 11.6 Å². The van der Waals surface area contributed by atoms with Crippen LogP contribution < -0.4 is 10.6 Å². The third-order valence-corrected chi connectivity index (χ3v) is 3.86. The van der Waals surface area contributed by atoms with E-state index in [1.54, 1.807) is 0 Å². The van der Waals surface area contributed by atoms with Gasteiger partial charge in [-0.3, -0.25) is 0 Å². The Bertz CT molecular complexity index is 445. The Morgan fingerprint density at radius 2 is 2.05 bits per heavy atom. The van der Waals surface area contributed by atoms with Gasteiger partial charge in [-0.25, -0.2) is 4.79 Å².